The predicted molar refractivity (Wildman–Crippen MR) is 92.3 cm³/mol. The van der Waals surface area contributed by atoms with Gasteiger partial charge in [0.05, 0.1) is 37.5 Å². The highest BCUT2D eigenvalue weighted by atomic mass is 16.5. The average Bonchev–Trinajstić information content (AvgIpc) is 2.58. The molecule has 0 fully saturated rings. The number of rotatable bonds is 8. The Morgan fingerprint density at radius 3 is 2.79 bits per heavy atom. The van der Waals surface area contributed by atoms with Crippen LogP contribution in [0.15, 0.2) is 18.3 Å². The second-order valence-electron chi connectivity index (χ2n) is 5.49. The van der Waals surface area contributed by atoms with E-state index in [1.165, 1.54) is 5.56 Å². The highest BCUT2D eigenvalue weighted by molar-refractivity contribution is 6.04. The number of ether oxygens (including phenoxy) is 2. The molecule has 6 nitrogen and oxygen atoms in total. The van der Waals surface area contributed by atoms with Crippen molar-refractivity contribution in [3.63, 3.8) is 0 Å². The van der Waals surface area contributed by atoms with Crippen LogP contribution in [0.5, 0.6) is 0 Å². The third-order valence-electron chi connectivity index (χ3n) is 3.91. The number of aliphatic hydroxyl groups is 1. The van der Waals surface area contributed by atoms with Crippen molar-refractivity contribution in [1.82, 2.24) is 0 Å². The summed E-state index contributed by atoms with van der Waals surface area (Å²) in [6.45, 7) is 7.47. The first-order valence-electron chi connectivity index (χ1n) is 8.14. The van der Waals surface area contributed by atoms with Gasteiger partial charge in [-0.1, -0.05) is 6.07 Å². The van der Waals surface area contributed by atoms with Gasteiger partial charge in [0.25, 0.3) is 0 Å². The van der Waals surface area contributed by atoms with E-state index in [2.05, 4.69) is 17.2 Å². The number of hydrogen-bond donors (Lipinski definition) is 2. The summed E-state index contributed by atoms with van der Waals surface area (Å²) >= 11 is 0. The molecule has 0 atom stereocenters. The van der Waals surface area contributed by atoms with Gasteiger partial charge in [-0.2, -0.15) is 0 Å². The van der Waals surface area contributed by atoms with Gasteiger partial charge in [0, 0.05) is 12.1 Å². The Labute approximate surface area is 141 Å². The zero-order valence-electron chi connectivity index (χ0n) is 14.4. The number of hydrogen-bond acceptors (Lipinski definition) is 5. The molecule has 0 unspecified atom stereocenters. The molecule has 24 heavy (non-hydrogen) atoms. The minimum absolute atomic E-state index is 0.00419. The number of carbonyl (C=O) groups is 1. The molecule has 2 aromatic rings. The summed E-state index contributed by atoms with van der Waals surface area (Å²) in [5.74, 6) is -0.368. The van der Waals surface area contributed by atoms with E-state index < -0.39 is 0 Å². The molecule has 1 aromatic heterocycles. The zero-order valence-corrected chi connectivity index (χ0v) is 14.4. The monoisotopic (exact) mass is 333 g/mol. The number of fused-ring (bicyclic) bond motifs is 1. The minimum atomic E-state index is -0.368. The number of pyridine rings is 1. The van der Waals surface area contributed by atoms with Crippen LogP contribution >= 0.6 is 0 Å². The average molecular weight is 333 g/mol. The molecule has 0 aliphatic carbocycles. The van der Waals surface area contributed by atoms with Gasteiger partial charge >= 0.3 is 5.97 Å². The van der Waals surface area contributed by atoms with Crippen molar-refractivity contribution >= 4 is 22.6 Å². The number of aromatic nitrogens is 1. The molecule has 1 heterocycles. The van der Waals surface area contributed by atoms with Gasteiger partial charge in [-0.05, 0) is 32.4 Å². The standard InChI is InChI=1S/C18H24N2O4/c1-4-24-18(22)15-11-20-16-13(3)12(2)5-6-14(16)17(15)19-7-9-23-10-8-21/h5-6,11,21H,4,7-10H2,1-3H3,(H,19,20)/p+1. The maximum Gasteiger partial charge on any atom is 0.346 e. The topological polar surface area (TPSA) is 81.9 Å². The van der Waals surface area contributed by atoms with Gasteiger partial charge in [0.15, 0.2) is 6.20 Å². The van der Waals surface area contributed by atoms with Crippen LogP contribution in [0.25, 0.3) is 10.9 Å². The lowest BCUT2D eigenvalue weighted by Gasteiger charge is -2.13. The number of anilines is 1. The Bertz CT molecular complexity index is 716. The van der Waals surface area contributed by atoms with Crippen LogP contribution in [-0.4, -0.2) is 44.0 Å². The van der Waals surface area contributed by atoms with Crippen molar-refractivity contribution in [2.24, 2.45) is 0 Å². The molecule has 0 radical (unpaired) electrons. The van der Waals surface area contributed by atoms with E-state index in [9.17, 15) is 4.79 Å². The molecule has 0 spiro atoms. The van der Waals surface area contributed by atoms with Crippen LogP contribution in [-0.2, 0) is 9.47 Å². The van der Waals surface area contributed by atoms with E-state index in [1.54, 1.807) is 13.1 Å². The lowest BCUT2D eigenvalue weighted by atomic mass is 10.0. The maximum atomic E-state index is 12.2. The minimum Gasteiger partial charge on any atom is -0.462 e. The van der Waals surface area contributed by atoms with Crippen molar-refractivity contribution in [3.05, 3.63) is 35.0 Å². The van der Waals surface area contributed by atoms with Gasteiger partial charge in [0.2, 0.25) is 5.52 Å². The van der Waals surface area contributed by atoms with Crippen molar-refractivity contribution in [2.45, 2.75) is 20.8 Å². The molecule has 2 rings (SSSR count). The lowest BCUT2D eigenvalue weighted by molar-refractivity contribution is -0.345. The summed E-state index contributed by atoms with van der Waals surface area (Å²) < 4.78 is 10.4. The second-order valence-corrected chi connectivity index (χ2v) is 5.49. The van der Waals surface area contributed by atoms with Gasteiger partial charge in [-0.15, -0.1) is 0 Å². The highest BCUT2D eigenvalue weighted by Crippen LogP contribution is 2.28. The van der Waals surface area contributed by atoms with Crippen LogP contribution in [0, 0.1) is 13.8 Å². The van der Waals surface area contributed by atoms with E-state index in [1.807, 2.05) is 19.1 Å². The number of benzene rings is 1. The molecule has 0 aliphatic rings. The van der Waals surface area contributed by atoms with Gasteiger partial charge in [-0.25, -0.2) is 9.78 Å². The van der Waals surface area contributed by atoms with E-state index in [-0.39, 0.29) is 12.6 Å². The number of aromatic amines is 1. The quantitative estimate of drug-likeness (QED) is 0.569. The largest absolute Gasteiger partial charge is 0.462 e. The van der Waals surface area contributed by atoms with Crippen LogP contribution in [0.3, 0.4) is 0 Å². The van der Waals surface area contributed by atoms with Crippen molar-refractivity contribution in [3.8, 4) is 0 Å². The Balaban J connectivity index is 2.38. The first-order valence-corrected chi connectivity index (χ1v) is 8.14. The third kappa shape index (κ3) is 4.01. The summed E-state index contributed by atoms with van der Waals surface area (Å²) in [5, 5.41) is 13.0. The number of carbonyl (C=O) groups excluding carboxylic acids is 1. The molecule has 1 aromatic carbocycles. The predicted octanol–water partition coefficient (Wildman–Crippen LogP) is 1.87. The fraction of sp³-hybridized carbons (Fsp3) is 0.444. The summed E-state index contributed by atoms with van der Waals surface area (Å²) in [6, 6.07) is 4.03. The molecule has 0 saturated carbocycles. The first-order chi connectivity index (χ1) is 11.6. The number of nitrogens with one attached hydrogen (secondary N) is 2. The Morgan fingerprint density at radius 2 is 2.08 bits per heavy atom. The Kier molecular flexibility index (Phi) is 6.52. The molecule has 6 heteroatoms. The SMILES string of the molecule is CCOC(=O)c1c[nH+]c2c(C)c(C)ccc2c1NCCOCCO. The van der Waals surface area contributed by atoms with Crippen molar-refractivity contribution < 1.29 is 24.4 Å². The maximum absolute atomic E-state index is 12.2. The van der Waals surface area contributed by atoms with E-state index >= 15 is 0 Å². The van der Waals surface area contributed by atoms with Gasteiger partial charge in [-0.3, -0.25) is 0 Å². The first kappa shape index (κ1) is 18.2. The molecule has 3 N–H and O–H groups in total. The summed E-state index contributed by atoms with van der Waals surface area (Å²) in [7, 11) is 0. The van der Waals surface area contributed by atoms with Gasteiger partial charge < -0.3 is 19.9 Å². The smallest absolute Gasteiger partial charge is 0.346 e. The molecule has 0 amide bonds. The Morgan fingerprint density at radius 1 is 1.29 bits per heavy atom. The third-order valence-corrected chi connectivity index (χ3v) is 3.91. The molecule has 0 saturated heterocycles. The summed E-state index contributed by atoms with van der Waals surface area (Å²) in [4.78, 5) is 15.5. The molecule has 130 valence electrons. The summed E-state index contributed by atoms with van der Waals surface area (Å²) in [6.07, 6.45) is 1.68. The Hall–Kier alpha value is -2.18. The highest BCUT2D eigenvalue weighted by Gasteiger charge is 2.21. The van der Waals surface area contributed by atoms with E-state index in [4.69, 9.17) is 14.6 Å². The molecule has 0 bridgehead atoms. The number of esters is 1. The van der Waals surface area contributed by atoms with Crippen LogP contribution in [0.2, 0.25) is 0 Å². The van der Waals surface area contributed by atoms with Crippen LogP contribution in [0.4, 0.5) is 5.69 Å². The fourth-order valence-electron chi connectivity index (χ4n) is 2.55. The molecular formula is C18H25N2O4+. The second kappa shape index (κ2) is 8.61. The number of aryl methyl sites for hydroxylation is 2. The van der Waals surface area contributed by atoms with Gasteiger partial charge in [0.1, 0.15) is 5.56 Å². The summed E-state index contributed by atoms with van der Waals surface area (Å²) in [5.41, 5.74) is 4.51. The zero-order chi connectivity index (χ0) is 17.5. The van der Waals surface area contributed by atoms with Crippen molar-refractivity contribution in [1.29, 1.82) is 0 Å². The van der Waals surface area contributed by atoms with Crippen molar-refractivity contribution in [2.75, 3.05) is 38.3 Å². The fourth-order valence-corrected chi connectivity index (χ4v) is 2.55. The molecular weight excluding hydrogens is 308 g/mol. The van der Waals surface area contributed by atoms with Crippen LogP contribution in [0.1, 0.15) is 28.4 Å². The number of H-pyrrole nitrogens is 1. The molecule has 0 aliphatic heterocycles. The van der Waals surface area contributed by atoms with Crippen LogP contribution < -0.4 is 10.3 Å². The normalized spacial score (nSPS) is 10.8. The van der Waals surface area contributed by atoms with E-state index in [0.29, 0.717) is 31.9 Å². The lowest BCUT2D eigenvalue weighted by Crippen LogP contribution is -2.19. The number of aliphatic hydroxyl groups excluding tert-OH is 1. The van der Waals surface area contributed by atoms with E-state index in [0.717, 1.165) is 22.2 Å².